The number of hydrogen-bond donors (Lipinski definition) is 1. The molecule has 7 heteroatoms. The Hall–Kier alpha value is -1.60. The average molecular weight is 276 g/mol. The highest BCUT2D eigenvalue weighted by molar-refractivity contribution is 8.07. The summed E-state index contributed by atoms with van der Waals surface area (Å²) in [5.74, 6) is 0.288. The van der Waals surface area contributed by atoms with Crippen LogP contribution in [0.5, 0.6) is 5.75 Å². The molecule has 0 radical (unpaired) electrons. The summed E-state index contributed by atoms with van der Waals surface area (Å²) in [5, 5.41) is 23.9. The Morgan fingerprint density at radius 1 is 1.22 bits per heavy atom. The molecule has 1 aromatic heterocycles. The first-order valence-electron chi connectivity index (χ1n) is 5.35. The average Bonchev–Trinajstić information content (AvgIpc) is 3.01. The van der Waals surface area contributed by atoms with Crippen LogP contribution in [0.4, 0.5) is 0 Å². The molecule has 2 aliphatic rings. The summed E-state index contributed by atoms with van der Waals surface area (Å²) in [6.07, 6.45) is 1.72. The van der Waals surface area contributed by atoms with Crippen LogP contribution in [0.3, 0.4) is 0 Å². The van der Waals surface area contributed by atoms with Crippen molar-refractivity contribution in [3.05, 3.63) is 46.6 Å². The summed E-state index contributed by atoms with van der Waals surface area (Å²) in [6, 6.07) is 7.31. The highest BCUT2D eigenvalue weighted by atomic mass is 32.2. The van der Waals surface area contributed by atoms with Crippen molar-refractivity contribution in [2.75, 3.05) is 5.01 Å². The fourth-order valence-electron chi connectivity index (χ4n) is 2.03. The van der Waals surface area contributed by atoms with Gasteiger partial charge < -0.3 is 5.11 Å². The zero-order valence-electron chi connectivity index (χ0n) is 9.09. The number of hydrogen-bond acceptors (Lipinski definition) is 6. The summed E-state index contributed by atoms with van der Waals surface area (Å²) in [5.41, 5.74) is 1.14. The molecule has 0 unspecified atom stereocenters. The van der Waals surface area contributed by atoms with E-state index < -0.39 is 0 Å². The SMILES string of the molecule is Oc1ccc([C@@H]2SC=C3Sc4nncn4N32)cc1. The van der Waals surface area contributed by atoms with Gasteiger partial charge in [0, 0.05) is 5.41 Å². The van der Waals surface area contributed by atoms with E-state index in [1.54, 1.807) is 42.0 Å². The zero-order chi connectivity index (χ0) is 12.1. The van der Waals surface area contributed by atoms with Gasteiger partial charge in [0.15, 0.2) is 0 Å². The van der Waals surface area contributed by atoms with Gasteiger partial charge in [-0.3, -0.25) is 5.01 Å². The summed E-state index contributed by atoms with van der Waals surface area (Å²) in [7, 11) is 0. The Morgan fingerprint density at radius 2 is 2.06 bits per heavy atom. The van der Waals surface area contributed by atoms with Crippen LogP contribution in [0.25, 0.3) is 0 Å². The minimum absolute atomic E-state index is 0.172. The number of phenols is 1. The van der Waals surface area contributed by atoms with Gasteiger partial charge in [-0.15, -0.1) is 10.2 Å². The quantitative estimate of drug-likeness (QED) is 0.862. The third kappa shape index (κ3) is 1.37. The predicted octanol–water partition coefficient (Wildman–Crippen LogP) is 2.27. The van der Waals surface area contributed by atoms with E-state index in [0.29, 0.717) is 0 Å². The Balaban J connectivity index is 1.75. The maximum Gasteiger partial charge on any atom is 0.216 e. The van der Waals surface area contributed by atoms with Gasteiger partial charge in [0.2, 0.25) is 5.16 Å². The molecule has 1 atom stereocenters. The van der Waals surface area contributed by atoms with Crippen LogP contribution in [0, 0.1) is 0 Å². The third-order valence-electron chi connectivity index (χ3n) is 2.85. The number of aromatic hydroxyl groups is 1. The van der Waals surface area contributed by atoms with Gasteiger partial charge >= 0.3 is 0 Å². The molecule has 18 heavy (non-hydrogen) atoms. The summed E-state index contributed by atoms with van der Waals surface area (Å²) >= 11 is 3.37. The van der Waals surface area contributed by atoms with Crippen LogP contribution in [0.15, 0.2) is 46.2 Å². The Morgan fingerprint density at radius 3 is 2.89 bits per heavy atom. The van der Waals surface area contributed by atoms with Crippen molar-refractivity contribution in [1.29, 1.82) is 0 Å². The monoisotopic (exact) mass is 276 g/mol. The van der Waals surface area contributed by atoms with Crippen molar-refractivity contribution in [3.8, 4) is 5.75 Å². The first kappa shape index (κ1) is 10.3. The molecule has 3 heterocycles. The molecule has 0 spiro atoms. The van der Waals surface area contributed by atoms with Crippen molar-refractivity contribution in [3.63, 3.8) is 0 Å². The lowest BCUT2D eigenvalue weighted by Crippen LogP contribution is -2.28. The highest BCUT2D eigenvalue weighted by Crippen LogP contribution is 2.50. The second kappa shape index (κ2) is 3.69. The molecule has 0 amide bonds. The normalized spacial score (nSPS) is 20.8. The van der Waals surface area contributed by atoms with E-state index in [1.165, 1.54) is 5.03 Å². The maximum atomic E-state index is 9.35. The first-order chi connectivity index (χ1) is 8.83. The predicted molar refractivity (Wildman–Crippen MR) is 70.6 cm³/mol. The molecule has 90 valence electrons. The fraction of sp³-hybridized carbons (Fsp3) is 0.0909. The largest absolute Gasteiger partial charge is 0.508 e. The molecule has 5 nitrogen and oxygen atoms in total. The van der Waals surface area contributed by atoms with Crippen molar-refractivity contribution in [1.82, 2.24) is 14.9 Å². The minimum atomic E-state index is 0.172. The van der Waals surface area contributed by atoms with E-state index in [-0.39, 0.29) is 11.1 Å². The Bertz CT molecular complexity index is 637. The first-order valence-corrected chi connectivity index (χ1v) is 7.11. The number of fused-ring (bicyclic) bond motifs is 3. The maximum absolute atomic E-state index is 9.35. The van der Waals surface area contributed by atoms with E-state index >= 15 is 0 Å². The van der Waals surface area contributed by atoms with Crippen LogP contribution in [0.2, 0.25) is 0 Å². The Labute approximate surface area is 111 Å². The molecule has 0 saturated carbocycles. The lowest BCUT2D eigenvalue weighted by atomic mass is 10.2. The number of thioether (sulfide) groups is 2. The lowest BCUT2D eigenvalue weighted by molar-refractivity contribution is 0.475. The van der Waals surface area contributed by atoms with E-state index in [4.69, 9.17) is 0 Å². The van der Waals surface area contributed by atoms with Crippen LogP contribution in [0.1, 0.15) is 10.9 Å². The van der Waals surface area contributed by atoms with E-state index in [2.05, 4.69) is 20.6 Å². The van der Waals surface area contributed by atoms with E-state index in [0.717, 1.165) is 10.7 Å². The molecule has 0 aliphatic carbocycles. The fourth-order valence-corrected chi connectivity index (χ4v) is 4.24. The van der Waals surface area contributed by atoms with Crippen molar-refractivity contribution in [2.24, 2.45) is 0 Å². The van der Waals surface area contributed by atoms with Gasteiger partial charge in [-0.1, -0.05) is 23.9 Å². The highest BCUT2D eigenvalue weighted by Gasteiger charge is 2.37. The molecule has 0 fully saturated rings. The number of rotatable bonds is 1. The van der Waals surface area contributed by atoms with Gasteiger partial charge in [-0.05, 0) is 29.5 Å². The number of benzene rings is 1. The molecule has 2 aromatic rings. The molecule has 0 bridgehead atoms. The lowest BCUT2D eigenvalue weighted by Gasteiger charge is -2.24. The molecule has 1 N–H and O–H groups in total. The summed E-state index contributed by atoms with van der Waals surface area (Å²) < 4.78 is 1.97. The van der Waals surface area contributed by atoms with Gasteiger partial charge in [-0.2, -0.15) is 0 Å². The number of nitrogens with zero attached hydrogens (tertiary/aromatic N) is 4. The van der Waals surface area contributed by atoms with Crippen molar-refractivity contribution >= 4 is 23.5 Å². The van der Waals surface area contributed by atoms with Gasteiger partial charge in [0.1, 0.15) is 22.5 Å². The van der Waals surface area contributed by atoms with Crippen LogP contribution < -0.4 is 5.01 Å². The second-order valence-electron chi connectivity index (χ2n) is 3.94. The molecular weight excluding hydrogens is 268 g/mol. The molecule has 4 rings (SSSR count). The molecule has 2 aliphatic heterocycles. The Kier molecular flexibility index (Phi) is 2.12. The van der Waals surface area contributed by atoms with Gasteiger partial charge in [-0.25, -0.2) is 4.68 Å². The molecule has 1 aromatic carbocycles. The molecule has 0 saturated heterocycles. The van der Waals surface area contributed by atoms with E-state index in [9.17, 15) is 5.11 Å². The van der Waals surface area contributed by atoms with Crippen molar-refractivity contribution in [2.45, 2.75) is 10.5 Å². The topological polar surface area (TPSA) is 54.2 Å². The standard InChI is InChI=1S/C11H8N4OS2/c16-8-3-1-7(2-4-8)10-15-9(5-17-10)18-11-13-12-6-14(11)15/h1-6,10,16H/t10-/m0/s1. The zero-order valence-corrected chi connectivity index (χ0v) is 10.7. The summed E-state index contributed by atoms with van der Waals surface area (Å²) in [6.45, 7) is 0. The minimum Gasteiger partial charge on any atom is -0.508 e. The van der Waals surface area contributed by atoms with Crippen LogP contribution in [-0.2, 0) is 0 Å². The number of aromatic nitrogens is 3. The van der Waals surface area contributed by atoms with Gasteiger partial charge in [0.25, 0.3) is 0 Å². The van der Waals surface area contributed by atoms with Crippen LogP contribution in [-0.4, -0.2) is 20.0 Å². The third-order valence-corrected chi connectivity index (χ3v) is 5.06. The number of phenolic OH excluding ortho intramolecular Hbond substituents is 1. The summed E-state index contributed by atoms with van der Waals surface area (Å²) in [4.78, 5) is 0. The van der Waals surface area contributed by atoms with Crippen LogP contribution >= 0.6 is 23.5 Å². The van der Waals surface area contributed by atoms with Gasteiger partial charge in [0.05, 0.1) is 0 Å². The van der Waals surface area contributed by atoms with Crippen molar-refractivity contribution < 1.29 is 5.11 Å². The second-order valence-corrected chi connectivity index (χ2v) is 5.88. The van der Waals surface area contributed by atoms with E-state index in [1.807, 2.05) is 16.8 Å². The molecular formula is C11H8N4OS2. The smallest absolute Gasteiger partial charge is 0.216 e.